The summed E-state index contributed by atoms with van der Waals surface area (Å²) >= 11 is 5.95. The number of nitrogens with zero attached hydrogens (tertiary/aromatic N) is 3. The van der Waals surface area contributed by atoms with Crippen LogP contribution >= 0.6 is 11.6 Å². The maximum atomic E-state index is 13.2. The molecule has 1 saturated heterocycles. The van der Waals surface area contributed by atoms with E-state index in [0.717, 1.165) is 36.9 Å². The smallest absolute Gasteiger partial charge is 0.231 e. The molecule has 3 aromatic rings. The van der Waals surface area contributed by atoms with Gasteiger partial charge in [0.15, 0.2) is 0 Å². The number of aromatic nitrogens is 2. The highest BCUT2D eigenvalue weighted by Crippen LogP contribution is 2.30. The average molecular weight is 410 g/mol. The maximum absolute atomic E-state index is 13.2. The quantitative estimate of drug-likeness (QED) is 0.574. The van der Waals surface area contributed by atoms with Gasteiger partial charge in [-0.1, -0.05) is 54.0 Å². The molecule has 0 spiro atoms. The van der Waals surface area contributed by atoms with Crippen LogP contribution in [0.3, 0.4) is 0 Å². The molecule has 2 aromatic carbocycles. The minimum absolute atomic E-state index is 0.0644. The molecule has 1 fully saturated rings. The number of likely N-dealkylation sites (tertiary alicyclic amines) is 1. The molecule has 1 amide bonds. The van der Waals surface area contributed by atoms with Gasteiger partial charge in [-0.25, -0.2) is 0 Å². The highest BCUT2D eigenvalue weighted by Gasteiger charge is 2.32. The summed E-state index contributed by atoms with van der Waals surface area (Å²) in [4.78, 5) is 19.8. The topological polar surface area (TPSA) is 59.2 Å². The zero-order chi connectivity index (χ0) is 20.2. The second-order valence-electron chi connectivity index (χ2n) is 7.46. The van der Waals surface area contributed by atoms with Gasteiger partial charge in [-0.15, -0.1) is 0 Å². The van der Waals surface area contributed by atoms with Crippen molar-refractivity contribution in [1.29, 1.82) is 0 Å². The number of hydrogen-bond acceptors (Lipinski definition) is 4. The molecule has 29 heavy (non-hydrogen) atoms. The van der Waals surface area contributed by atoms with Gasteiger partial charge in [0.2, 0.25) is 17.6 Å². The number of halogens is 1. The lowest BCUT2D eigenvalue weighted by molar-refractivity contribution is -0.134. The molecule has 0 aliphatic carbocycles. The van der Waals surface area contributed by atoms with Crippen LogP contribution in [0, 0.1) is 0 Å². The summed E-state index contributed by atoms with van der Waals surface area (Å²) in [6.45, 7) is 3.45. The predicted octanol–water partition coefficient (Wildman–Crippen LogP) is 5.29. The molecule has 1 aliphatic heterocycles. The lowest BCUT2D eigenvalue weighted by Crippen LogP contribution is -2.41. The zero-order valence-electron chi connectivity index (χ0n) is 16.4. The van der Waals surface area contributed by atoms with E-state index in [9.17, 15) is 4.79 Å². The Bertz CT molecular complexity index is 956. The van der Waals surface area contributed by atoms with Crippen LogP contribution in [0.1, 0.15) is 49.5 Å². The summed E-state index contributed by atoms with van der Waals surface area (Å²) in [5.74, 6) is 1.29. The molecule has 150 valence electrons. The van der Waals surface area contributed by atoms with E-state index in [2.05, 4.69) is 17.1 Å². The summed E-state index contributed by atoms with van der Waals surface area (Å²) < 4.78 is 5.56. The Morgan fingerprint density at radius 1 is 1.21 bits per heavy atom. The van der Waals surface area contributed by atoms with Gasteiger partial charge in [0.25, 0.3) is 0 Å². The van der Waals surface area contributed by atoms with Gasteiger partial charge < -0.3 is 9.42 Å². The first-order valence-corrected chi connectivity index (χ1v) is 10.5. The van der Waals surface area contributed by atoms with Crippen molar-refractivity contribution in [3.05, 3.63) is 71.1 Å². The normalized spacial score (nSPS) is 17.9. The van der Waals surface area contributed by atoms with Gasteiger partial charge in [-0.2, -0.15) is 4.98 Å². The minimum Gasteiger partial charge on any atom is -0.341 e. The maximum Gasteiger partial charge on any atom is 0.231 e. The van der Waals surface area contributed by atoms with E-state index in [0.29, 0.717) is 23.3 Å². The Morgan fingerprint density at radius 2 is 1.97 bits per heavy atom. The molecular formula is C23H24ClN3O2. The van der Waals surface area contributed by atoms with Gasteiger partial charge in [0.1, 0.15) is 0 Å². The molecule has 0 radical (unpaired) electrons. The Morgan fingerprint density at radius 3 is 2.69 bits per heavy atom. The third kappa shape index (κ3) is 4.35. The fourth-order valence-corrected chi connectivity index (χ4v) is 4.08. The fourth-order valence-electron chi connectivity index (χ4n) is 3.95. The van der Waals surface area contributed by atoms with Gasteiger partial charge in [-0.3, -0.25) is 4.79 Å². The Labute approximate surface area is 175 Å². The van der Waals surface area contributed by atoms with Crippen molar-refractivity contribution in [2.24, 2.45) is 0 Å². The SMILES string of the molecule is CCC(C(=O)N1CCCC(c2nc(-c3ccc(Cl)cc3)no2)C1)c1ccccc1. The van der Waals surface area contributed by atoms with Crippen molar-refractivity contribution in [2.75, 3.05) is 13.1 Å². The number of amides is 1. The second-order valence-corrected chi connectivity index (χ2v) is 7.89. The predicted molar refractivity (Wildman–Crippen MR) is 113 cm³/mol. The molecule has 6 heteroatoms. The molecule has 1 aliphatic rings. The molecular weight excluding hydrogens is 386 g/mol. The number of piperidine rings is 1. The van der Waals surface area contributed by atoms with E-state index in [-0.39, 0.29) is 17.7 Å². The van der Waals surface area contributed by atoms with Crippen LogP contribution in [0.25, 0.3) is 11.4 Å². The first kappa shape index (κ1) is 19.6. The van der Waals surface area contributed by atoms with E-state index in [4.69, 9.17) is 16.1 Å². The number of carbonyl (C=O) groups excluding carboxylic acids is 1. The van der Waals surface area contributed by atoms with E-state index in [1.54, 1.807) is 0 Å². The molecule has 4 rings (SSSR count). The standard InChI is InChI=1S/C23H24ClN3O2/c1-2-20(16-7-4-3-5-8-16)23(28)27-14-6-9-18(15-27)22-25-21(26-29-22)17-10-12-19(24)13-11-17/h3-5,7-8,10-13,18,20H,2,6,9,14-15H2,1H3. The summed E-state index contributed by atoms with van der Waals surface area (Å²) in [6, 6.07) is 17.4. The van der Waals surface area contributed by atoms with E-state index in [1.165, 1.54) is 0 Å². The second kappa shape index (κ2) is 8.78. The highest BCUT2D eigenvalue weighted by atomic mass is 35.5. The van der Waals surface area contributed by atoms with Gasteiger partial charge in [0, 0.05) is 23.7 Å². The van der Waals surface area contributed by atoms with Gasteiger partial charge in [0.05, 0.1) is 11.8 Å². The van der Waals surface area contributed by atoms with Crippen molar-refractivity contribution in [3.8, 4) is 11.4 Å². The Hall–Kier alpha value is -2.66. The lowest BCUT2D eigenvalue weighted by atomic mass is 9.92. The first-order chi connectivity index (χ1) is 14.2. The average Bonchev–Trinajstić information content (AvgIpc) is 3.26. The largest absolute Gasteiger partial charge is 0.341 e. The van der Waals surface area contributed by atoms with E-state index in [1.807, 2.05) is 59.5 Å². The van der Waals surface area contributed by atoms with Crippen molar-refractivity contribution in [3.63, 3.8) is 0 Å². The lowest BCUT2D eigenvalue weighted by Gasteiger charge is -2.33. The van der Waals surface area contributed by atoms with Crippen molar-refractivity contribution >= 4 is 17.5 Å². The summed E-state index contributed by atoms with van der Waals surface area (Å²) in [5.41, 5.74) is 1.94. The van der Waals surface area contributed by atoms with Gasteiger partial charge >= 0.3 is 0 Å². The van der Waals surface area contributed by atoms with E-state index >= 15 is 0 Å². The van der Waals surface area contributed by atoms with Crippen molar-refractivity contribution in [2.45, 2.75) is 38.0 Å². The third-order valence-electron chi connectivity index (χ3n) is 5.53. The Kier molecular flexibility index (Phi) is 5.95. The van der Waals surface area contributed by atoms with Crippen molar-refractivity contribution < 1.29 is 9.32 Å². The van der Waals surface area contributed by atoms with Crippen LogP contribution in [0.2, 0.25) is 5.02 Å². The molecule has 5 nitrogen and oxygen atoms in total. The summed E-state index contributed by atoms with van der Waals surface area (Å²) in [7, 11) is 0. The zero-order valence-corrected chi connectivity index (χ0v) is 17.2. The molecule has 0 N–H and O–H groups in total. The summed E-state index contributed by atoms with van der Waals surface area (Å²) in [6.07, 6.45) is 2.65. The van der Waals surface area contributed by atoms with Crippen LogP contribution in [-0.2, 0) is 4.79 Å². The minimum atomic E-state index is -0.109. The fraction of sp³-hybridized carbons (Fsp3) is 0.348. The van der Waals surface area contributed by atoms with Crippen LogP contribution in [0.5, 0.6) is 0 Å². The molecule has 1 aromatic heterocycles. The molecule has 2 atom stereocenters. The third-order valence-corrected chi connectivity index (χ3v) is 5.79. The van der Waals surface area contributed by atoms with Gasteiger partial charge in [-0.05, 0) is 49.1 Å². The molecule has 2 unspecified atom stereocenters. The van der Waals surface area contributed by atoms with E-state index < -0.39 is 0 Å². The van der Waals surface area contributed by atoms with Crippen LogP contribution in [0.15, 0.2) is 59.1 Å². The number of hydrogen-bond donors (Lipinski definition) is 0. The van der Waals surface area contributed by atoms with Crippen LogP contribution in [0.4, 0.5) is 0 Å². The van der Waals surface area contributed by atoms with Crippen LogP contribution < -0.4 is 0 Å². The van der Waals surface area contributed by atoms with Crippen LogP contribution in [-0.4, -0.2) is 34.0 Å². The number of rotatable bonds is 5. The molecule has 0 saturated carbocycles. The van der Waals surface area contributed by atoms with Crippen molar-refractivity contribution in [1.82, 2.24) is 15.0 Å². The first-order valence-electron chi connectivity index (χ1n) is 10.1. The number of benzene rings is 2. The Balaban J connectivity index is 1.48. The monoisotopic (exact) mass is 409 g/mol. The number of carbonyl (C=O) groups is 1. The highest BCUT2D eigenvalue weighted by molar-refractivity contribution is 6.30. The molecule has 2 heterocycles. The molecule has 0 bridgehead atoms. The summed E-state index contributed by atoms with van der Waals surface area (Å²) in [5, 5.41) is 4.80.